The van der Waals surface area contributed by atoms with E-state index in [2.05, 4.69) is 20.3 Å². The van der Waals surface area contributed by atoms with Gasteiger partial charge in [-0.1, -0.05) is 49.3 Å². The van der Waals surface area contributed by atoms with Gasteiger partial charge in [0.2, 0.25) is 0 Å². The maximum absolute atomic E-state index is 10.7. The highest BCUT2D eigenvalue weighted by Crippen LogP contribution is 2.33. The molecule has 2 aromatic heterocycles. The minimum atomic E-state index is -1.11. The molecule has 0 bridgehead atoms. The van der Waals surface area contributed by atoms with E-state index in [1.807, 2.05) is 37.3 Å². The number of imidazole rings is 1. The van der Waals surface area contributed by atoms with Crippen LogP contribution < -0.4 is 5.32 Å². The molecule has 3 N–H and O–H groups in total. The van der Waals surface area contributed by atoms with Crippen LogP contribution in [-0.4, -0.2) is 54.1 Å². The van der Waals surface area contributed by atoms with Crippen LogP contribution in [0.3, 0.4) is 0 Å². The van der Waals surface area contributed by atoms with Crippen LogP contribution in [0, 0.1) is 6.92 Å². The molecule has 1 aromatic carbocycles. The van der Waals surface area contributed by atoms with Crippen LogP contribution in [0.1, 0.15) is 43.0 Å². The average Bonchev–Trinajstić information content (AvgIpc) is 3.50. The molecule has 31 heavy (non-hydrogen) atoms. The van der Waals surface area contributed by atoms with Crippen LogP contribution in [0.15, 0.2) is 43.0 Å². The van der Waals surface area contributed by atoms with E-state index >= 15 is 0 Å². The van der Waals surface area contributed by atoms with Gasteiger partial charge in [0.15, 0.2) is 23.2 Å². The Kier molecular flexibility index (Phi) is 5.43. The number of anilines is 1. The van der Waals surface area contributed by atoms with Crippen molar-refractivity contribution in [3.63, 3.8) is 0 Å². The van der Waals surface area contributed by atoms with Gasteiger partial charge >= 0.3 is 0 Å². The average molecular weight is 422 g/mol. The molecule has 3 heterocycles. The van der Waals surface area contributed by atoms with E-state index in [4.69, 9.17) is 4.74 Å². The fraction of sp³-hybridized carbons (Fsp3) is 0.435. The number of nitrogens with zero attached hydrogens (tertiary/aromatic N) is 4. The van der Waals surface area contributed by atoms with Crippen LogP contribution in [0.5, 0.6) is 0 Å². The highest BCUT2D eigenvalue weighted by molar-refractivity contribution is 5.82. The molecule has 0 radical (unpaired) electrons. The molecule has 2 aliphatic rings. The Morgan fingerprint density at radius 1 is 1.10 bits per heavy atom. The van der Waals surface area contributed by atoms with E-state index in [1.165, 1.54) is 19.2 Å². The molecule has 162 valence electrons. The van der Waals surface area contributed by atoms with Crippen molar-refractivity contribution in [1.29, 1.82) is 0 Å². The number of aryl methyl sites for hydroxylation is 1. The van der Waals surface area contributed by atoms with Crippen molar-refractivity contribution in [2.75, 3.05) is 5.32 Å². The molecule has 1 aliphatic heterocycles. The number of hydrogen-bond acceptors (Lipinski definition) is 7. The van der Waals surface area contributed by atoms with Gasteiger partial charge in [0.05, 0.1) is 6.33 Å². The zero-order valence-corrected chi connectivity index (χ0v) is 17.4. The summed E-state index contributed by atoms with van der Waals surface area (Å²) < 4.78 is 7.70. The van der Waals surface area contributed by atoms with Crippen molar-refractivity contribution in [1.82, 2.24) is 19.5 Å². The molecule has 4 atom stereocenters. The molecule has 3 aromatic rings. The minimum Gasteiger partial charge on any atom is -0.387 e. The number of aliphatic hydroxyl groups excluding tert-OH is 2. The Morgan fingerprint density at radius 2 is 1.90 bits per heavy atom. The quantitative estimate of drug-likeness (QED) is 0.582. The fourth-order valence-corrected chi connectivity index (χ4v) is 4.45. The van der Waals surface area contributed by atoms with E-state index in [1.54, 1.807) is 17.0 Å². The van der Waals surface area contributed by atoms with E-state index in [-0.39, 0.29) is 0 Å². The second kappa shape index (κ2) is 8.37. The molecule has 1 saturated carbocycles. The van der Waals surface area contributed by atoms with Gasteiger partial charge in [-0.05, 0) is 30.9 Å². The number of hydrogen-bond donors (Lipinski definition) is 3. The zero-order chi connectivity index (χ0) is 21.4. The summed E-state index contributed by atoms with van der Waals surface area (Å²) in [5, 5.41) is 24.7. The number of aromatic nitrogens is 4. The number of aliphatic hydroxyl groups is 2. The summed E-state index contributed by atoms with van der Waals surface area (Å²) in [6.45, 7) is 2.03. The first-order chi connectivity index (χ1) is 15.1. The summed E-state index contributed by atoms with van der Waals surface area (Å²) in [6, 6.07) is 8.37. The second-order valence-electron chi connectivity index (χ2n) is 8.36. The zero-order valence-electron chi connectivity index (χ0n) is 17.4. The number of benzene rings is 1. The molecule has 0 amide bonds. The molecule has 1 aliphatic carbocycles. The molecule has 0 unspecified atom stereocenters. The Labute approximate surface area is 180 Å². The molecule has 8 heteroatoms. The molecule has 0 spiro atoms. The van der Waals surface area contributed by atoms with Gasteiger partial charge in [0, 0.05) is 6.04 Å². The SMILES string of the molecule is Cc1ccccc1C=C[C@H]1O[C@@H](n2cnc3c(NC4CCCC4)ncnc32)[C@H](O)[C@@H]1O. The summed E-state index contributed by atoms with van der Waals surface area (Å²) in [5.41, 5.74) is 3.37. The van der Waals surface area contributed by atoms with Gasteiger partial charge in [-0.2, -0.15) is 0 Å². The van der Waals surface area contributed by atoms with Gasteiger partial charge in [-0.3, -0.25) is 4.57 Å². The lowest BCUT2D eigenvalue weighted by atomic mass is 10.1. The van der Waals surface area contributed by atoms with Crippen molar-refractivity contribution >= 4 is 23.1 Å². The van der Waals surface area contributed by atoms with Crippen LogP contribution in [-0.2, 0) is 4.74 Å². The van der Waals surface area contributed by atoms with E-state index < -0.39 is 24.5 Å². The molecule has 1 saturated heterocycles. The Morgan fingerprint density at radius 3 is 2.71 bits per heavy atom. The topological polar surface area (TPSA) is 105 Å². The standard InChI is InChI=1S/C23H27N5O3/c1-14-6-2-3-7-15(14)10-11-17-19(29)20(30)23(31-17)28-13-26-18-21(24-12-25-22(18)28)27-16-8-4-5-9-16/h2-3,6-7,10-13,16-17,19-20,23,29-30H,4-5,8-9H2,1H3,(H,24,25,27)/t17-,19-,20-,23-/m1/s1. The maximum Gasteiger partial charge on any atom is 0.167 e. The Hall–Kier alpha value is -2.81. The summed E-state index contributed by atoms with van der Waals surface area (Å²) >= 11 is 0. The van der Waals surface area contributed by atoms with E-state index in [0.717, 1.165) is 24.0 Å². The van der Waals surface area contributed by atoms with Crippen molar-refractivity contribution < 1.29 is 14.9 Å². The number of ether oxygens (including phenoxy) is 1. The monoisotopic (exact) mass is 421 g/mol. The molecular weight excluding hydrogens is 394 g/mol. The Balaban J connectivity index is 1.39. The van der Waals surface area contributed by atoms with Gasteiger partial charge in [0.1, 0.15) is 24.6 Å². The summed E-state index contributed by atoms with van der Waals surface area (Å²) in [7, 11) is 0. The molecule has 2 fully saturated rings. The second-order valence-corrected chi connectivity index (χ2v) is 8.36. The van der Waals surface area contributed by atoms with Crippen molar-refractivity contribution in [2.24, 2.45) is 0 Å². The van der Waals surface area contributed by atoms with Gasteiger partial charge < -0.3 is 20.3 Å². The van der Waals surface area contributed by atoms with Gasteiger partial charge in [-0.15, -0.1) is 0 Å². The van der Waals surface area contributed by atoms with Gasteiger partial charge in [-0.25, -0.2) is 15.0 Å². The Bertz CT molecular complexity index is 1090. The summed E-state index contributed by atoms with van der Waals surface area (Å²) in [6.07, 6.45) is 7.87. The lowest BCUT2D eigenvalue weighted by Gasteiger charge is -2.17. The van der Waals surface area contributed by atoms with Crippen LogP contribution in [0.25, 0.3) is 17.2 Å². The third-order valence-corrected chi connectivity index (χ3v) is 6.26. The molecule has 8 nitrogen and oxygen atoms in total. The third-order valence-electron chi connectivity index (χ3n) is 6.26. The first-order valence-electron chi connectivity index (χ1n) is 10.8. The lowest BCUT2D eigenvalue weighted by Crippen LogP contribution is -2.30. The van der Waals surface area contributed by atoms with Crippen molar-refractivity contribution in [2.45, 2.75) is 63.2 Å². The summed E-state index contributed by atoms with van der Waals surface area (Å²) in [5.74, 6) is 0.694. The predicted molar refractivity (Wildman–Crippen MR) is 117 cm³/mol. The van der Waals surface area contributed by atoms with E-state index in [9.17, 15) is 10.2 Å². The largest absolute Gasteiger partial charge is 0.387 e. The first-order valence-corrected chi connectivity index (χ1v) is 10.8. The van der Waals surface area contributed by atoms with Gasteiger partial charge in [0.25, 0.3) is 0 Å². The van der Waals surface area contributed by atoms with Crippen molar-refractivity contribution in [3.8, 4) is 0 Å². The van der Waals surface area contributed by atoms with Crippen LogP contribution in [0.4, 0.5) is 5.82 Å². The normalized spacial score (nSPS) is 26.9. The van der Waals surface area contributed by atoms with Crippen molar-refractivity contribution in [3.05, 3.63) is 54.1 Å². The van der Waals surface area contributed by atoms with Crippen LogP contribution in [0.2, 0.25) is 0 Å². The third kappa shape index (κ3) is 3.82. The number of fused-ring (bicyclic) bond motifs is 1. The minimum absolute atomic E-state index is 0.398. The fourth-order valence-electron chi connectivity index (χ4n) is 4.45. The number of nitrogens with one attached hydrogen (secondary N) is 1. The molecule has 5 rings (SSSR count). The van der Waals surface area contributed by atoms with E-state index in [0.29, 0.717) is 23.0 Å². The summed E-state index contributed by atoms with van der Waals surface area (Å²) in [4.78, 5) is 13.2. The highest BCUT2D eigenvalue weighted by atomic mass is 16.6. The predicted octanol–water partition coefficient (Wildman–Crippen LogP) is 2.82. The first kappa shape index (κ1) is 20.1. The smallest absolute Gasteiger partial charge is 0.167 e. The van der Waals surface area contributed by atoms with Crippen LogP contribution >= 0.6 is 0 Å². The highest BCUT2D eigenvalue weighted by Gasteiger charge is 2.43. The molecular formula is C23H27N5O3. The lowest BCUT2D eigenvalue weighted by molar-refractivity contribution is -0.0243. The maximum atomic E-state index is 10.7. The number of rotatable bonds is 5.